The number of rotatable bonds is 10. The van der Waals surface area contributed by atoms with Crippen LogP contribution in [0, 0.1) is 0 Å². The summed E-state index contributed by atoms with van der Waals surface area (Å²) < 4.78 is 31.9. The number of hydrogen-bond donors (Lipinski definition) is 0. The number of benzene rings is 1. The molecule has 0 spiro atoms. The number of ether oxygens (including phenoxy) is 3. The molecule has 1 aromatic rings. The van der Waals surface area contributed by atoms with Crippen molar-refractivity contribution in [1.82, 2.24) is 0 Å². The Kier molecular flexibility index (Phi) is 10.8. The van der Waals surface area contributed by atoms with Gasteiger partial charge in [0.1, 0.15) is 24.4 Å². The maximum atomic E-state index is 12.3. The summed E-state index contributed by atoms with van der Waals surface area (Å²) in [5, 5.41) is 3.80. The van der Waals surface area contributed by atoms with Gasteiger partial charge >= 0.3 is 5.97 Å². The fraction of sp³-hybridized carbons (Fsp3) is 0.741. The molecule has 0 bridgehead atoms. The van der Waals surface area contributed by atoms with Crippen molar-refractivity contribution in [2.45, 2.75) is 122 Å². The molecule has 1 aliphatic rings. The molecule has 1 fully saturated rings. The summed E-state index contributed by atoms with van der Waals surface area (Å²) in [6.07, 6.45) is -3.13. The van der Waals surface area contributed by atoms with Gasteiger partial charge < -0.3 is 23.1 Å². The second kappa shape index (κ2) is 12.6. The number of azide groups is 1. The van der Waals surface area contributed by atoms with Gasteiger partial charge in [0.05, 0.1) is 13.2 Å². The van der Waals surface area contributed by atoms with E-state index in [1.165, 1.54) is 6.92 Å². The molecule has 0 aliphatic carbocycles. The Morgan fingerprint density at radius 3 is 2.03 bits per heavy atom. The van der Waals surface area contributed by atoms with Crippen LogP contribution < -0.4 is 0 Å². The highest BCUT2D eigenvalue weighted by Crippen LogP contribution is 2.43. The van der Waals surface area contributed by atoms with Crippen molar-refractivity contribution in [3.8, 4) is 0 Å². The average molecular weight is 566 g/mol. The molecule has 11 heteroatoms. The Hall–Kier alpha value is -1.73. The Morgan fingerprint density at radius 1 is 0.974 bits per heavy atom. The fourth-order valence-electron chi connectivity index (χ4n) is 3.63. The molecule has 1 heterocycles. The minimum atomic E-state index is -2.38. The van der Waals surface area contributed by atoms with Gasteiger partial charge in [-0.15, -0.1) is 0 Å². The van der Waals surface area contributed by atoms with Crippen LogP contribution in [0.5, 0.6) is 0 Å². The molecule has 0 aromatic heterocycles. The van der Waals surface area contributed by atoms with Gasteiger partial charge in [-0.25, -0.2) is 0 Å². The number of nitrogens with zero attached hydrogens (tertiary/aromatic N) is 3. The third kappa shape index (κ3) is 8.38. The SMILES string of the molecule is CC(=O)O[C@@H]1[C@@H](N=[N+]=[N-])[C@H](O[Si](C)(C)C(C)(C)C)O[C@H](COCc2ccccc2)[C@H]1O[Si](C)(C)C(C)(C)C. The summed E-state index contributed by atoms with van der Waals surface area (Å²) in [5.41, 5.74) is 10.5. The first-order valence-corrected chi connectivity index (χ1v) is 19.1. The fourth-order valence-corrected chi connectivity index (χ4v) is 6.07. The van der Waals surface area contributed by atoms with E-state index in [1.54, 1.807) is 0 Å². The topological polar surface area (TPSA) is 112 Å². The number of carbonyl (C=O) groups is 1. The van der Waals surface area contributed by atoms with E-state index in [9.17, 15) is 10.3 Å². The van der Waals surface area contributed by atoms with Crippen molar-refractivity contribution in [3.63, 3.8) is 0 Å². The van der Waals surface area contributed by atoms with Gasteiger partial charge in [0.15, 0.2) is 22.9 Å². The van der Waals surface area contributed by atoms with Crippen LogP contribution in [0.1, 0.15) is 54.0 Å². The van der Waals surface area contributed by atoms with Crippen molar-refractivity contribution < 1.29 is 27.9 Å². The van der Waals surface area contributed by atoms with Crippen molar-refractivity contribution in [2.75, 3.05) is 6.61 Å². The molecule has 0 amide bonds. The van der Waals surface area contributed by atoms with Crippen LogP contribution in [0.25, 0.3) is 10.4 Å². The van der Waals surface area contributed by atoms with Gasteiger partial charge in [-0.1, -0.05) is 77.0 Å². The van der Waals surface area contributed by atoms with Crippen LogP contribution in [0.2, 0.25) is 36.3 Å². The zero-order chi connectivity index (χ0) is 28.9. The smallest absolute Gasteiger partial charge is 0.303 e. The number of carbonyl (C=O) groups excluding carboxylic acids is 1. The van der Waals surface area contributed by atoms with Gasteiger partial charge in [0.2, 0.25) is 0 Å². The van der Waals surface area contributed by atoms with Crippen LogP contribution in [0.15, 0.2) is 35.4 Å². The lowest BCUT2D eigenvalue weighted by atomic mass is 9.97. The minimum absolute atomic E-state index is 0.119. The monoisotopic (exact) mass is 565 g/mol. The lowest BCUT2D eigenvalue weighted by Crippen LogP contribution is -2.65. The van der Waals surface area contributed by atoms with Crippen molar-refractivity contribution in [1.29, 1.82) is 0 Å². The molecular weight excluding hydrogens is 518 g/mol. The van der Waals surface area contributed by atoms with Gasteiger partial charge in [-0.2, -0.15) is 0 Å². The number of esters is 1. The molecule has 1 aromatic carbocycles. The van der Waals surface area contributed by atoms with E-state index in [0.29, 0.717) is 6.61 Å². The van der Waals surface area contributed by atoms with E-state index < -0.39 is 53.2 Å². The Balaban J connectivity index is 2.51. The first kappa shape index (κ1) is 32.5. The standard InChI is InChI=1S/C27H47N3O6Si2/c1-19(31)33-24-22(29-30-28)25(36-38(10,11)27(5,6)7)34-21(18-32-17-20-15-13-12-14-16-20)23(24)35-37(8,9)26(2,3)4/h12-16,21-25H,17-18H2,1-11H3/t21-,22-,23-,24-,25+/m1/s1. The average Bonchev–Trinajstić information content (AvgIpc) is 2.77. The van der Waals surface area contributed by atoms with Gasteiger partial charge in [-0.05, 0) is 47.4 Å². The molecule has 0 unspecified atom stereocenters. The molecule has 1 saturated heterocycles. The second-order valence-corrected chi connectivity index (χ2v) is 22.5. The first-order chi connectivity index (χ1) is 17.4. The lowest BCUT2D eigenvalue weighted by Gasteiger charge is -2.50. The van der Waals surface area contributed by atoms with Gasteiger partial charge in [0.25, 0.3) is 0 Å². The normalized spacial score (nSPS) is 25.0. The summed E-state index contributed by atoms with van der Waals surface area (Å²) >= 11 is 0. The summed E-state index contributed by atoms with van der Waals surface area (Å²) in [6, 6.07) is 8.95. The molecule has 5 atom stereocenters. The van der Waals surface area contributed by atoms with E-state index >= 15 is 0 Å². The van der Waals surface area contributed by atoms with Crippen LogP contribution in [0.4, 0.5) is 0 Å². The predicted molar refractivity (Wildman–Crippen MR) is 154 cm³/mol. The maximum absolute atomic E-state index is 12.3. The van der Waals surface area contributed by atoms with E-state index in [-0.39, 0.29) is 16.7 Å². The predicted octanol–water partition coefficient (Wildman–Crippen LogP) is 6.95. The van der Waals surface area contributed by atoms with Crippen molar-refractivity contribution in [2.24, 2.45) is 5.11 Å². The zero-order valence-corrected chi connectivity index (χ0v) is 27.0. The summed E-state index contributed by atoms with van der Waals surface area (Å²) in [7, 11) is -4.74. The first-order valence-electron chi connectivity index (χ1n) is 13.2. The largest absolute Gasteiger partial charge is 0.459 e. The summed E-state index contributed by atoms with van der Waals surface area (Å²) in [4.78, 5) is 15.4. The van der Waals surface area contributed by atoms with Crippen LogP contribution >= 0.6 is 0 Å². The molecule has 2 rings (SSSR count). The van der Waals surface area contributed by atoms with Crippen LogP contribution in [0.3, 0.4) is 0 Å². The highest BCUT2D eigenvalue weighted by molar-refractivity contribution is 6.74. The molecule has 38 heavy (non-hydrogen) atoms. The van der Waals surface area contributed by atoms with E-state index in [4.69, 9.17) is 23.1 Å². The molecule has 214 valence electrons. The van der Waals surface area contributed by atoms with Crippen molar-refractivity contribution in [3.05, 3.63) is 46.3 Å². The molecule has 0 radical (unpaired) electrons. The van der Waals surface area contributed by atoms with Crippen LogP contribution in [-0.4, -0.2) is 59.9 Å². The molecule has 1 aliphatic heterocycles. The Morgan fingerprint density at radius 2 is 1.53 bits per heavy atom. The van der Waals surface area contributed by atoms with E-state index in [1.807, 2.05) is 30.3 Å². The van der Waals surface area contributed by atoms with E-state index in [2.05, 4.69) is 77.8 Å². The summed E-state index contributed by atoms with van der Waals surface area (Å²) in [5.74, 6) is -0.492. The molecule has 0 N–H and O–H groups in total. The van der Waals surface area contributed by atoms with Crippen molar-refractivity contribution >= 4 is 22.6 Å². The highest BCUT2D eigenvalue weighted by Gasteiger charge is 2.54. The van der Waals surface area contributed by atoms with Gasteiger partial charge in [0, 0.05) is 11.8 Å². The molecule has 0 saturated carbocycles. The quantitative estimate of drug-likeness (QED) is 0.0997. The second-order valence-electron chi connectivity index (χ2n) is 13.0. The van der Waals surface area contributed by atoms with E-state index in [0.717, 1.165) is 5.56 Å². The molecule has 9 nitrogen and oxygen atoms in total. The van der Waals surface area contributed by atoms with Crippen LogP contribution in [-0.2, 0) is 34.5 Å². The third-order valence-corrected chi connectivity index (χ3v) is 16.9. The molecular formula is C27H47N3O6Si2. The zero-order valence-electron chi connectivity index (χ0n) is 25.0. The third-order valence-electron chi connectivity index (χ3n) is 7.95. The van der Waals surface area contributed by atoms with Gasteiger partial charge in [-0.3, -0.25) is 4.79 Å². The number of hydrogen-bond acceptors (Lipinski definition) is 7. The maximum Gasteiger partial charge on any atom is 0.303 e. The Bertz CT molecular complexity index is 971. The summed E-state index contributed by atoms with van der Waals surface area (Å²) in [6.45, 7) is 23.2. The minimum Gasteiger partial charge on any atom is -0.459 e. The Labute approximate surface area is 230 Å². The lowest BCUT2D eigenvalue weighted by molar-refractivity contribution is -0.248. The highest BCUT2D eigenvalue weighted by atomic mass is 28.4.